The SMILES string of the molecule is CC1(C)O[C@@H]2O[C@@H](C(=O)NCC(=O)Nc3ccccc3O)[C@H]3OC(C)(C)O[C@H]3[C@H]2O1. The minimum Gasteiger partial charge on any atom is -0.506 e. The quantitative estimate of drug-likeness (QED) is 0.610. The van der Waals surface area contributed by atoms with Gasteiger partial charge in [0, 0.05) is 0 Å². The summed E-state index contributed by atoms with van der Waals surface area (Å²) in [6, 6.07) is 6.31. The van der Waals surface area contributed by atoms with Crippen LogP contribution in [0.4, 0.5) is 5.69 Å². The molecule has 3 heterocycles. The van der Waals surface area contributed by atoms with E-state index in [-0.39, 0.29) is 18.0 Å². The van der Waals surface area contributed by atoms with E-state index in [2.05, 4.69) is 10.6 Å². The number of ether oxygens (including phenoxy) is 5. The first-order valence-electron chi connectivity index (χ1n) is 9.77. The van der Waals surface area contributed by atoms with E-state index in [4.69, 9.17) is 23.7 Å². The van der Waals surface area contributed by atoms with E-state index >= 15 is 0 Å². The number of aromatic hydroxyl groups is 1. The van der Waals surface area contributed by atoms with Crippen molar-refractivity contribution in [1.29, 1.82) is 0 Å². The standard InChI is InChI=1S/C20H26N2O8/c1-19(2)27-13-14(28-19)16-18(30-20(3,4)29-16)26-15(13)17(25)21-9-12(24)22-10-7-5-6-8-11(10)23/h5-8,13-16,18,23H,9H2,1-4H3,(H,21,25)(H,22,24)/t13-,14+,15+,16+,18-/m0/s1. The Morgan fingerprint density at radius 2 is 1.60 bits per heavy atom. The fourth-order valence-electron chi connectivity index (χ4n) is 3.87. The number of fused-ring (bicyclic) bond motifs is 3. The molecule has 0 saturated carbocycles. The maximum Gasteiger partial charge on any atom is 0.252 e. The van der Waals surface area contributed by atoms with E-state index in [0.29, 0.717) is 0 Å². The number of rotatable bonds is 4. The largest absolute Gasteiger partial charge is 0.506 e. The van der Waals surface area contributed by atoms with Gasteiger partial charge in [-0.3, -0.25) is 9.59 Å². The van der Waals surface area contributed by atoms with Gasteiger partial charge in [0.2, 0.25) is 5.91 Å². The molecule has 0 bridgehead atoms. The number of carbonyl (C=O) groups excluding carboxylic acids is 2. The summed E-state index contributed by atoms with van der Waals surface area (Å²) in [6.07, 6.45) is -3.68. The summed E-state index contributed by atoms with van der Waals surface area (Å²) < 4.78 is 29.4. The molecule has 5 atom stereocenters. The van der Waals surface area contributed by atoms with E-state index in [1.807, 2.05) is 0 Å². The van der Waals surface area contributed by atoms with Gasteiger partial charge < -0.3 is 39.4 Å². The number of phenols is 1. The van der Waals surface area contributed by atoms with Crippen molar-refractivity contribution in [2.24, 2.45) is 0 Å². The van der Waals surface area contributed by atoms with Crippen LogP contribution in [-0.2, 0) is 33.3 Å². The monoisotopic (exact) mass is 422 g/mol. The number of para-hydroxylation sites is 2. The van der Waals surface area contributed by atoms with Gasteiger partial charge in [-0.15, -0.1) is 0 Å². The van der Waals surface area contributed by atoms with Crippen LogP contribution < -0.4 is 10.6 Å². The zero-order valence-corrected chi connectivity index (χ0v) is 17.2. The predicted octanol–water partition coefficient (Wildman–Crippen LogP) is 0.843. The summed E-state index contributed by atoms with van der Waals surface area (Å²) >= 11 is 0. The van der Waals surface area contributed by atoms with E-state index < -0.39 is 54.1 Å². The van der Waals surface area contributed by atoms with Crippen molar-refractivity contribution in [3.8, 4) is 5.75 Å². The van der Waals surface area contributed by atoms with Gasteiger partial charge in [-0.2, -0.15) is 0 Å². The number of nitrogens with one attached hydrogen (secondary N) is 2. The van der Waals surface area contributed by atoms with Crippen LogP contribution in [0.3, 0.4) is 0 Å². The molecule has 3 aliphatic heterocycles. The highest BCUT2D eigenvalue weighted by molar-refractivity contribution is 5.96. The molecule has 4 rings (SSSR count). The van der Waals surface area contributed by atoms with E-state index in [1.54, 1.807) is 45.9 Å². The highest BCUT2D eigenvalue weighted by atomic mass is 16.9. The number of hydrogen-bond acceptors (Lipinski definition) is 8. The van der Waals surface area contributed by atoms with Gasteiger partial charge in [0.15, 0.2) is 24.0 Å². The summed E-state index contributed by atoms with van der Waals surface area (Å²) in [5.74, 6) is -2.92. The van der Waals surface area contributed by atoms with Gasteiger partial charge in [-0.1, -0.05) is 12.1 Å². The molecule has 3 N–H and O–H groups in total. The minimum atomic E-state index is -1.05. The molecule has 30 heavy (non-hydrogen) atoms. The van der Waals surface area contributed by atoms with Crippen molar-refractivity contribution >= 4 is 17.5 Å². The summed E-state index contributed by atoms with van der Waals surface area (Å²) in [5.41, 5.74) is 0.251. The minimum absolute atomic E-state index is 0.0681. The van der Waals surface area contributed by atoms with Crippen molar-refractivity contribution in [2.45, 2.75) is 70.0 Å². The number of phenolic OH excluding ortho intramolecular Hbond substituents is 1. The molecule has 3 aliphatic rings. The Hall–Kier alpha value is -2.24. The number of amides is 2. The number of carbonyl (C=O) groups is 2. The van der Waals surface area contributed by atoms with Crippen molar-refractivity contribution in [2.75, 3.05) is 11.9 Å². The molecule has 2 amide bonds. The van der Waals surface area contributed by atoms with Crippen molar-refractivity contribution < 1.29 is 38.4 Å². The predicted molar refractivity (Wildman–Crippen MR) is 102 cm³/mol. The maximum absolute atomic E-state index is 12.8. The average molecular weight is 422 g/mol. The molecule has 1 aromatic carbocycles. The number of benzene rings is 1. The first kappa shape index (κ1) is 21.0. The topological polar surface area (TPSA) is 125 Å². The molecule has 0 radical (unpaired) electrons. The van der Waals surface area contributed by atoms with Crippen molar-refractivity contribution in [3.63, 3.8) is 0 Å². The Bertz CT molecular complexity index is 842. The fourth-order valence-corrected chi connectivity index (χ4v) is 3.87. The van der Waals surface area contributed by atoms with Gasteiger partial charge in [0.05, 0.1) is 12.2 Å². The Labute approximate surface area is 173 Å². The summed E-state index contributed by atoms with van der Waals surface area (Å²) in [6.45, 7) is 6.68. The molecule has 3 fully saturated rings. The molecule has 0 aromatic heterocycles. The van der Waals surface area contributed by atoms with E-state index in [9.17, 15) is 14.7 Å². The van der Waals surface area contributed by atoms with E-state index in [1.165, 1.54) is 6.07 Å². The zero-order chi connectivity index (χ0) is 21.7. The van der Waals surface area contributed by atoms with Crippen LogP contribution in [-0.4, -0.2) is 65.7 Å². The Kier molecular flexibility index (Phi) is 5.23. The van der Waals surface area contributed by atoms with Crippen LogP contribution >= 0.6 is 0 Å². The van der Waals surface area contributed by atoms with Crippen LogP contribution in [0.1, 0.15) is 27.7 Å². The lowest BCUT2D eigenvalue weighted by molar-refractivity contribution is -0.231. The molecule has 3 saturated heterocycles. The van der Waals surface area contributed by atoms with Crippen LogP contribution in [0.15, 0.2) is 24.3 Å². The lowest BCUT2D eigenvalue weighted by Crippen LogP contribution is -2.59. The second-order valence-corrected chi connectivity index (χ2v) is 8.37. The van der Waals surface area contributed by atoms with Gasteiger partial charge in [0.25, 0.3) is 5.91 Å². The van der Waals surface area contributed by atoms with Gasteiger partial charge in [0.1, 0.15) is 24.1 Å². The fraction of sp³-hybridized carbons (Fsp3) is 0.600. The highest BCUT2D eigenvalue weighted by Crippen LogP contribution is 2.44. The number of anilines is 1. The molecule has 1 aromatic rings. The Morgan fingerprint density at radius 1 is 0.967 bits per heavy atom. The Balaban J connectivity index is 1.41. The molecular formula is C20H26N2O8. The average Bonchev–Trinajstić information content (AvgIpc) is 3.14. The normalized spacial score (nSPS) is 33.4. The van der Waals surface area contributed by atoms with Gasteiger partial charge >= 0.3 is 0 Å². The first-order valence-corrected chi connectivity index (χ1v) is 9.77. The third kappa shape index (κ3) is 4.14. The summed E-state index contributed by atoms with van der Waals surface area (Å²) in [5, 5.41) is 14.8. The van der Waals surface area contributed by atoms with Crippen LogP contribution in [0.2, 0.25) is 0 Å². The van der Waals surface area contributed by atoms with Crippen molar-refractivity contribution in [1.82, 2.24) is 5.32 Å². The lowest BCUT2D eigenvalue weighted by atomic mass is 9.98. The zero-order valence-electron chi connectivity index (χ0n) is 17.2. The van der Waals surface area contributed by atoms with E-state index in [0.717, 1.165) is 0 Å². The smallest absolute Gasteiger partial charge is 0.252 e. The summed E-state index contributed by atoms with van der Waals surface area (Å²) in [4.78, 5) is 25.0. The van der Waals surface area contributed by atoms with Crippen LogP contribution in [0, 0.1) is 0 Å². The molecule has 0 unspecified atom stereocenters. The van der Waals surface area contributed by atoms with Gasteiger partial charge in [-0.25, -0.2) is 0 Å². The van der Waals surface area contributed by atoms with Crippen LogP contribution in [0.25, 0.3) is 0 Å². The van der Waals surface area contributed by atoms with Crippen molar-refractivity contribution in [3.05, 3.63) is 24.3 Å². The lowest BCUT2D eigenvalue weighted by Gasteiger charge is -2.36. The molecule has 10 nitrogen and oxygen atoms in total. The van der Waals surface area contributed by atoms with Gasteiger partial charge in [-0.05, 0) is 39.8 Å². The third-order valence-electron chi connectivity index (χ3n) is 5.01. The summed E-state index contributed by atoms with van der Waals surface area (Å²) in [7, 11) is 0. The number of hydrogen-bond donors (Lipinski definition) is 3. The molecule has 0 aliphatic carbocycles. The Morgan fingerprint density at radius 3 is 2.33 bits per heavy atom. The first-order chi connectivity index (χ1) is 14.0. The molecule has 0 spiro atoms. The van der Waals surface area contributed by atoms with Crippen LogP contribution in [0.5, 0.6) is 5.75 Å². The molecule has 10 heteroatoms. The maximum atomic E-state index is 12.8. The second-order valence-electron chi connectivity index (χ2n) is 8.37. The molecule has 164 valence electrons. The third-order valence-corrected chi connectivity index (χ3v) is 5.01. The highest BCUT2D eigenvalue weighted by Gasteiger charge is 2.62. The molecular weight excluding hydrogens is 396 g/mol. The second kappa shape index (κ2) is 7.47.